The van der Waals surface area contributed by atoms with Crippen molar-refractivity contribution in [3.8, 4) is 34.7 Å². The van der Waals surface area contributed by atoms with Crippen LogP contribution in [0.5, 0.6) is 11.5 Å². The van der Waals surface area contributed by atoms with Crippen LogP contribution < -0.4 is 32.0 Å². The number of aromatic nitrogens is 10. The average Bonchev–Trinajstić information content (AvgIpc) is 4.25. The highest BCUT2D eigenvalue weighted by atomic mass is 32.2. The molecule has 8 heterocycles. The fraction of sp³-hybridized carbons (Fsp3) is 0.429. The van der Waals surface area contributed by atoms with Crippen molar-refractivity contribution in [2.24, 2.45) is 5.73 Å². The number of hydrogen-bond acceptors (Lipinski definition) is 22. The van der Waals surface area contributed by atoms with Gasteiger partial charge >= 0.3 is 0 Å². The third kappa shape index (κ3) is 15.1. The zero-order valence-corrected chi connectivity index (χ0v) is 43.0. The predicted octanol–water partition coefficient (Wildman–Crippen LogP) is 3.00. The van der Waals surface area contributed by atoms with E-state index in [0.29, 0.717) is 42.2 Å². The van der Waals surface area contributed by atoms with Crippen LogP contribution in [0.4, 0.5) is 17.8 Å². The van der Waals surface area contributed by atoms with Crippen molar-refractivity contribution in [3.63, 3.8) is 0 Å². The minimum absolute atomic E-state index is 0.0410. The zero-order chi connectivity index (χ0) is 51.9. The van der Waals surface area contributed by atoms with Gasteiger partial charge in [-0.1, -0.05) is 24.3 Å². The fourth-order valence-corrected chi connectivity index (χ4v) is 8.45. The average molecular weight is 1040 g/mol. The van der Waals surface area contributed by atoms with Gasteiger partial charge in [0.2, 0.25) is 39.3 Å². The Morgan fingerprint density at radius 3 is 1.54 bits per heavy atom. The molecule has 25 heteroatoms. The molecule has 24 nitrogen and oxygen atoms in total. The number of ether oxygens (including phenoxy) is 2. The summed E-state index contributed by atoms with van der Waals surface area (Å²) in [6.45, 7) is 14.4. The minimum atomic E-state index is -3.57. The Hall–Kier alpha value is -7.29. The monoisotopic (exact) mass is 1030 g/mol. The molecule has 8 aromatic rings. The molecule has 0 bridgehead atoms. The largest absolute Gasteiger partial charge is 0.494 e. The lowest BCUT2D eigenvalue weighted by molar-refractivity contribution is 0.145. The van der Waals surface area contributed by atoms with Crippen molar-refractivity contribution < 1.29 is 26.7 Å². The number of likely N-dealkylation sites (N-methyl/N-ethyl adjacent to an activating group) is 2. The highest BCUT2D eigenvalue weighted by Crippen LogP contribution is 2.20. The van der Waals surface area contributed by atoms with Crippen molar-refractivity contribution >= 4 is 39.2 Å². The van der Waals surface area contributed by atoms with E-state index in [-0.39, 0.29) is 23.5 Å². The van der Waals surface area contributed by atoms with Crippen molar-refractivity contribution in [3.05, 3.63) is 96.4 Å². The first kappa shape index (κ1) is 53.0. The van der Waals surface area contributed by atoms with Crippen LogP contribution in [0.25, 0.3) is 34.7 Å². The highest BCUT2D eigenvalue weighted by molar-refractivity contribution is 7.90. The Morgan fingerprint density at radius 1 is 0.608 bits per heavy atom. The molecule has 2 fully saturated rings. The van der Waals surface area contributed by atoms with E-state index in [2.05, 4.69) is 103 Å². The van der Waals surface area contributed by atoms with Crippen LogP contribution in [0.2, 0.25) is 0 Å². The molecule has 394 valence electrons. The maximum Gasteiger partial charge on any atom is 0.259 e. The molecule has 7 N–H and O–H groups in total. The van der Waals surface area contributed by atoms with Gasteiger partial charge in [-0.05, 0) is 106 Å². The van der Waals surface area contributed by atoms with Crippen LogP contribution in [0.15, 0.2) is 99.3 Å². The van der Waals surface area contributed by atoms with E-state index in [9.17, 15) is 8.42 Å². The number of piperazine rings is 2. The molecule has 0 aliphatic carbocycles. The molecule has 0 unspecified atom stereocenters. The van der Waals surface area contributed by atoms with Crippen LogP contribution in [-0.2, 0) is 22.7 Å². The van der Waals surface area contributed by atoms with Gasteiger partial charge in [0.25, 0.3) is 16.7 Å². The third-order valence-electron chi connectivity index (χ3n) is 12.2. The maximum atomic E-state index is 11.4. The van der Waals surface area contributed by atoms with Crippen molar-refractivity contribution in [1.29, 1.82) is 0 Å². The lowest BCUT2D eigenvalue weighted by Crippen LogP contribution is -2.44. The van der Waals surface area contributed by atoms with E-state index >= 15 is 0 Å². The van der Waals surface area contributed by atoms with Crippen LogP contribution >= 0.6 is 0 Å². The number of nitrogens with zero attached hydrogens (tertiary/aromatic N) is 14. The quantitative estimate of drug-likeness (QED) is 0.0847. The highest BCUT2D eigenvalue weighted by Gasteiger charge is 2.19. The van der Waals surface area contributed by atoms with Crippen LogP contribution in [0, 0.1) is 0 Å². The van der Waals surface area contributed by atoms with Gasteiger partial charge < -0.3 is 60.4 Å². The molecule has 0 amide bonds. The van der Waals surface area contributed by atoms with Gasteiger partial charge in [0.1, 0.15) is 11.5 Å². The summed E-state index contributed by atoms with van der Waals surface area (Å²) >= 11 is 0. The lowest BCUT2D eigenvalue weighted by Gasteiger charge is -2.32. The fourth-order valence-electron chi connectivity index (χ4n) is 7.95. The Bertz CT molecular complexity index is 3060. The van der Waals surface area contributed by atoms with Gasteiger partial charge in [-0.25, -0.2) is 8.42 Å². The van der Waals surface area contributed by atoms with E-state index in [1.807, 2.05) is 24.3 Å². The Balaban J connectivity index is 0.000000159. The van der Waals surface area contributed by atoms with Crippen molar-refractivity contribution in [1.82, 2.24) is 68.7 Å². The third-order valence-corrected chi connectivity index (χ3v) is 13.1. The van der Waals surface area contributed by atoms with Gasteiger partial charge in [0.15, 0.2) is 11.5 Å². The molecule has 10 rings (SSSR count). The minimum Gasteiger partial charge on any atom is -0.494 e. The molecule has 2 aliphatic rings. The summed E-state index contributed by atoms with van der Waals surface area (Å²) in [4.78, 5) is 34.4. The number of nitrogens with one attached hydrogen (secondary N) is 1. The number of hydrogen-bond donors (Lipinski definition) is 4. The molecule has 0 saturated carbocycles. The first-order chi connectivity index (χ1) is 35.9. The number of benzene rings is 2. The molecular weight excluding hydrogens is 969 g/mol. The second-order valence-corrected chi connectivity index (χ2v) is 19.9. The lowest BCUT2D eigenvalue weighted by atomic mass is 10.1. The smallest absolute Gasteiger partial charge is 0.259 e. The SMILES string of the molecule is CN1CCN(CCCOc2ccc(CCN)cc2)CC1.CN1CCN(CCCOc2ccc(CCNc3nc(N)n4nc(-c5ccco5)nc4n3)cc2)CC1.CS(=O)(=O)c1nc(N)n2nc(-c3ccco3)nc2n1. The van der Waals surface area contributed by atoms with Crippen molar-refractivity contribution in [2.75, 3.05) is 129 Å². The molecule has 0 radical (unpaired) electrons. The Kier molecular flexibility index (Phi) is 18.3. The Labute approximate surface area is 429 Å². The molecule has 74 heavy (non-hydrogen) atoms. The first-order valence-electron chi connectivity index (χ1n) is 24.6. The number of anilines is 3. The summed E-state index contributed by atoms with van der Waals surface area (Å²) in [5.74, 6) is 4.40. The van der Waals surface area contributed by atoms with Crippen molar-refractivity contribution in [2.45, 2.75) is 30.8 Å². The summed E-state index contributed by atoms with van der Waals surface area (Å²) in [5.41, 5.74) is 19.7. The van der Waals surface area contributed by atoms with E-state index < -0.39 is 15.0 Å². The normalized spacial score (nSPS) is 14.9. The van der Waals surface area contributed by atoms with Crippen LogP contribution in [0.3, 0.4) is 0 Å². The summed E-state index contributed by atoms with van der Waals surface area (Å²) < 4.78 is 47.5. The van der Waals surface area contributed by atoms with E-state index in [1.54, 1.807) is 30.5 Å². The predicted molar refractivity (Wildman–Crippen MR) is 280 cm³/mol. The van der Waals surface area contributed by atoms with Gasteiger partial charge in [-0.15, -0.1) is 10.2 Å². The summed E-state index contributed by atoms with van der Waals surface area (Å²) in [7, 11) is 0.802. The van der Waals surface area contributed by atoms with Crippen LogP contribution in [-0.4, -0.2) is 189 Å². The number of furan rings is 2. The molecule has 2 saturated heterocycles. The zero-order valence-electron chi connectivity index (χ0n) is 42.2. The van der Waals surface area contributed by atoms with Gasteiger partial charge in [0, 0.05) is 78.2 Å². The molecule has 0 spiro atoms. The summed E-state index contributed by atoms with van der Waals surface area (Å²) in [6.07, 6.45) is 7.90. The second-order valence-electron chi connectivity index (χ2n) is 18.0. The van der Waals surface area contributed by atoms with Gasteiger partial charge in [0.05, 0.1) is 25.7 Å². The van der Waals surface area contributed by atoms with Gasteiger partial charge in [-0.3, -0.25) is 0 Å². The molecular formula is C49H66N18O6S. The topological polar surface area (TPSA) is 294 Å². The first-order valence-corrected chi connectivity index (χ1v) is 26.5. The second kappa shape index (κ2) is 25.6. The Morgan fingerprint density at radius 2 is 1.08 bits per heavy atom. The molecule has 2 aromatic carbocycles. The summed E-state index contributed by atoms with van der Waals surface area (Å²) in [5, 5.41) is 11.2. The van der Waals surface area contributed by atoms with Crippen LogP contribution in [0.1, 0.15) is 24.0 Å². The van der Waals surface area contributed by atoms with E-state index in [4.69, 9.17) is 35.5 Å². The number of fused-ring (bicyclic) bond motifs is 2. The number of nitrogens with two attached hydrogens (primary N) is 3. The van der Waals surface area contributed by atoms with E-state index in [0.717, 1.165) is 100 Å². The molecule has 2 aliphatic heterocycles. The summed E-state index contributed by atoms with van der Waals surface area (Å²) in [6, 6.07) is 23.4. The van der Waals surface area contributed by atoms with E-state index in [1.165, 1.54) is 48.1 Å². The number of rotatable bonds is 19. The standard InChI is InChI=1S/C24H31N9O2.C16H27N3O.C9H8N6O3S/c1-31-12-14-32(15-13-31)11-3-17-34-19-7-5-18(6-8-19)9-10-26-23-28-22(25)33-24(29-23)27-21(30-33)20-4-2-16-35-20;1-18-10-12-19(13-11-18)9-2-14-20-16-5-3-15(4-6-16)7-8-17;1-19(16,17)9-12-7(10)15-8(13-9)11-6(14-15)5-3-2-4-18-5/h2,4-8,16H,3,9-15,17H2,1H3,(H3,25,26,27,28,29,30);3-6H,2,7-14,17H2,1H3;2-4H,1H3,(H2,10,11,12,13,14). The van der Waals surface area contributed by atoms with Gasteiger partial charge in [-0.2, -0.15) is 38.9 Å². The number of nitrogen functional groups attached to an aromatic ring is 2. The molecule has 0 atom stereocenters. The number of sulfone groups is 1. The maximum absolute atomic E-state index is 11.4. The molecule has 6 aromatic heterocycles.